The van der Waals surface area contributed by atoms with Crippen LogP contribution in [-0.2, 0) is 29.6 Å². The highest BCUT2D eigenvalue weighted by atomic mass is 31.2. The highest BCUT2D eigenvalue weighted by Crippen LogP contribution is 2.49. The van der Waals surface area contributed by atoms with Crippen molar-refractivity contribution in [1.29, 1.82) is 0 Å². The van der Waals surface area contributed by atoms with Crippen molar-refractivity contribution in [3.05, 3.63) is 24.5 Å². The number of fused-ring (bicyclic) bond motifs is 1. The Balaban J connectivity index is 1.82. The van der Waals surface area contributed by atoms with Crippen LogP contribution in [0.1, 0.15) is 33.1 Å². The second kappa shape index (κ2) is 10.3. The molecule has 3 heterocycles. The van der Waals surface area contributed by atoms with Crippen LogP contribution in [0.3, 0.4) is 0 Å². The van der Waals surface area contributed by atoms with Gasteiger partial charge in [0.2, 0.25) is 0 Å². The average molecular weight is 425 g/mol. The first kappa shape index (κ1) is 21.9. The Morgan fingerprint density at radius 2 is 2.10 bits per heavy atom. The molecule has 1 saturated heterocycles. The maximum atomic E-state index is 12.8. The molecule has 29 heavy (non-hydrogen) atoms. The van der Waals surface area contributed by atoms with E-state index >= 15 is 0 Å². The maximum Gasteiger partial charge on any atom is 0.353 e. The summed E-state index contributed by atoms with van der Waals surface area (Å²) in [6.07, 6.45) is 6.80. The minimum absolute atomic E-state index is 0.279. The van der Waals surface area contributed by atoms with E-state index in [1.165, 1.54) is 12.1 Å². The van der Waals surface area contributed by atoms with E-state index < -0.39 is 13.7 Å². The largest absolute Gasteiger partial charge is 0.382 e. The third-order valence-electron chi connectivity index (χ3n) is 4.37. The molecule has 0 amide bonds. The molecule has 0 spiro atoms. The highest BCUT2D eigenvalue weighted by Gasteiger charge is 2.23. The van der Waals surface area contributed by atoms with Gasteiger partial charge in [-0.2, -0.15) is 0 Å². The number of nitrogens with zero attached hydrogens (tertiary/aromatic N) is 4. The number of aromatic nitrogens is 4. The fraction of sp³-hybridized carbons (Fsp3) is 0.611. The molecule has 1 aliphatic rings. The van der Waals surface area contributed by atoms with E-state index in [0.717, 1.165) is 19.3 Å². The molecule has 2 aromatic rings. The third kappa shape index (κ3) is 5.83. The maximum absolute atomic E-state index is 12.8. The summed E-state index contributed by atoms with van der Waals surface area (Å²) in [5.41, 5.74) is 7.00. The summed E-state index contributed by atoms with van der Waals surface area (Å²) in [4.78, 5) is 12.5. The van der Waals surface area contributed by atoms with Crippen LogP contribution in [0.15, 0.2) is 24.5 Å². The van der Waals surface area contributed by atoms with Gasteiger partial charge in [-0.05, 0) is 39.2 Å². The molecule has 10 nitrogen and oxygen atoms in total. The fourth-order valence-corrected chi connectivity index (χ4v) is 4.44. The average Bonchev–Trinajstić information content (AvgIpc) is 3.12. The van der Waals surface area contributed by atoms with Gasteiger partial charge in [-0.1, -0.05) is 0 Å². The van der Waals surface area contributed by atoms with Crippen molar-refractivity contribution in [1.82, 2.24) is 19.5 Å². The summed E-state index contributed by atoms with van der Waals surface area (Å²) in [6, 6.07) is 0. The fourth-order valence-electron chi connectivity index (χ4n) is 3.07. The molecule has 0 unspecified atom stereocenters. The third-order valence-corrected chi connectivity index (χ3v) is 6.15. The van der Waals surface area contributed by atoms with Crippen molar-refractivity contribution in [2.75, 3.05) is 25.6 Å². The van der Waals surface area contributed by atoms with Crippen LogP contribution in [0.5, 0.6) is 0 Å². The standard InChI is InChI=1S/C18H28N5O5P/c1-3-26-29(24,27-4-2)10-8-14(28-15-7-5-6-9-25-15)11-23-13-22-16-17(19)20-12-21-18(16)23/h8,10,12-15H,3-7,9,11H2,1-2H3,(H2,19,20,21)/t14-,15+/m1/s1. The Labute approximate surface area is 169 Å². The Bertz CT molecular complexity index is 857. The van der Waals surface area contributed by atoms with Crippen LogP contribution >= 0.6 is 7.60 Å². The van der Waals surface area contributed by atoms with Crippen molar-refractivity contribution in [2.45, 2.75) is 52.0 Å². The number of imidazole rings is 1. The summed E-state index contributed by atoms with van der Waals surface area (Å²) in [6.45, 7) is 5.13. The van der Waals surface area contributed by atoms with Gasteiger partial charge in [0.05, 0.1) is 32.2 Å². The number of hydrogen-bond donors (Lipinski definition) is 1. The van der Waals surface area contributed by atoms with E-state index in [0.29, 0.717) is 30.1 Å². The lowest BCUT2D eigenvalue weighted by Gasteiger charge is -2.27. The topological polar surface area (TPSA) is 124 Å². The molecule has 1 fully saturated rings. The first-order valence-electron chi connectivity index (χ1n) is 9.81. The zero-order chi connectivity index (χ0) is 20.7. The molecule has 1 aliphatic heterocycles. The number of hydrogen-bond acceptors (Lipinski definition) is 9. The number of anilines is 1. The molecule has 0 bridgehead atoms. The molecule has 2 atom stereocenters. The van der Waals surface area contributed by atoms with Crippen LogP contribution in [0.2, 0.25) is 0 Å². The number of nitrogens with two attached hydrogens (primary N) is 1. The molecule has 3 rings (SSSR count). The van der Waals surface area contributed by atoms with Crippen molar-refractivity contribution in [2.24, 2.45) is 0 Å². The van der Waals surface area contributed by atoms with Gasteiger partial charge in [0.15, 0.2) is 17.8 Å². The Morgan fingerprint density at radius 3 is 2.79 bits per heavy atom. The van der Waals surface area contributed by atoms with Crippen LogP contribution in [0, 0.1) is 0 Å². The molecule has 2 N–H and O–H groups in total. The van der Waals surface area contributed by atoms with Crippen LogP contribution < -0.4 is 5.73 Å². The van der Waals surface area contributed by atoms with Crippen LogP contribution in [0.4, 0.5) is 5.82 Å². The van der Waals surface area contributed by atoms with Gasteiger partial charge >= 0.3 is 7.60 Å². The summed E-state index contributed by atoms with van der Waals surface area (Å²) >= 11 is 0. The monoisotopic (exact) mass is 425 g/mol. The van der Waals surface area contributed by atoms with E-state index in [-0.39, 0.29) is 19.5 Å². The molecule has 160 valence electrons. The van der Waals surface area contributed by atoms with Gasteiger partial charge in [0, 0.05) is 12.4 Å². The lowest BCUT2D eigenvalue weighted by molar-refractivity contribution is -0.180. The predicted octanol–water partition coefficient (Wildman–Crippen LogP) is 3.10. The van der Waals surface area contributed by atoms with Gasteiger partial charge < -0.3 is 28.8 Å². The number of nitrogen functional groups attached to an aromatic ring is 1. The van der Waals surface area contributed by atoms with Gasteiger partial charge in [0.25, 0.3) is 0 Å². The normalized spacial score (nSPS) is 19.2. The summed E-state index contributed by atoms with van der Waals surface area (Å²) in [5, 5.41) is 0. The van der Waals surface area contributed by atoms with Gasteiger partial charge in [0.1, 0.15) is 11.8 Å². The Kier molecular flexibility index (Phi) is 7.74. The smallest absolute Gasteiger partial charge is 0.353 e. The summed E-state index contributed by atoms with van der Waals surface area (Å²) in [7, 11) is -3.34. The quantitative estimate of drug-likeness (QED) is 0.572. The van der Waals surface area contributed by atoms with E-state index in [1.54, 1.807) is 26.3 Å². The van der Waals surface area contributed by atoms with Crippen molar-refractivity contribution in [3.8, 4) is 0 Å². The zero-order valence-corrected chi connectivity index (χ0v) is 17.7. The second-order valence-corrected chi connectivity index (χ2v) is 8.41. The van der Waals surface area contributed by atoms with E-state index in [2.05, 4.69) is 15.0 Å². The van der Waals surface area contributed by atoms with Gasteiger partial charge in [-0.15, -0.1) is 0 Å². The molecular weight excluding hydrogens is 397 g/mol. The molecule has 0 aliphatic carbocycles. The SMILES string of the molecule is CCOP(=O)(C=C[C@H](Cn1cnc2c(N)ncnc21)O[C@H]1CCCCO1)OCC. The minimum Gasteiger partial charge on any atom is -0.382 e. The van der Waals surface area contributed by atoms with E-state index in [4.69, 9.17) is 24.3 Å². The molecule has 0 saturated carbocycles. The molecule has 2 aromatic heterocycles. The van der Waals surface area contributed by atoms with Gasteiger partial charge in [-0.3, -0.25) is 4.57 Å². The second-order valence-electron chi connectivity index (χ2n) is 6.52. The zero-order valence-electron chi connectivity index (χ0n) is 16.8. The highest BCUT2D eigenvalue weighted by molar-refractivity contribution is 7.57. The lowest BCUT2D eigenvalue weighted by Crippen LogP contribution is -2.29. The van der Waals surface area contributed by atoms with E-state index in [9.17, 15) is 4.57 Å². The van der Waals surface area contributed by atoms with Crippen molar-refractivity contribution in [3.63, 3.8) is 0 Å². The molecule has 11 heteroatoms. The number of rotatable bonds is 10. The number of ether oxygens (including phenoxy) is 2. The van der Waals surface area contributed by atoms with Gasteiger partial charge in [-0.25, -0.2) is 15.0 Å². The van der Waals surface area contributed by atoms with Crippen molar-refractivity contribution >= 4 is 24.6 Å². The van der Waals surface area contributed by atoms with Crippen LogP contribution in [-0.4, -0.2) is 51.7 Å². The molecule has 0 radical (unpaired) electrons. The lowest BCUT2D eigenvalue weighted by atomic mass is 10.2. The van der Waals surface area contributed by atoms with Crippen LogP contribution in [0.25, 0.3) is 11.2 Å². The Hall–Kier alpha value is -1.84. The minimum atomic E-state index is -3.34. The molecule has 0 aromatic carbocycles. The summed E-state index contributed by atoms with van der Waals surface area (Å²) in [5.74, 6) is 1.77. The first-order valence-corrected chi connectivity index (χ1v) is 11.4. The summed E-state index contributed by atoms with van der Waals surface area (Å²) < 4.78 is 37.1. The van der Waals surface area contributed by atoms with Crippen molar-refractivity contribution < 1.29 is 23.1 Å². The molecular formula is C18H28N5O5P. The predicted molar refractivity (Wildman–Crippen MR) is 108 cm³/mol. The van der Waals surface area contributed by atoms with E-state index in [1.807, 2.05) is 4.57 Å². The first-order chi connectivity index (χ1) is 14.0. The Morgan fingerprint density at radius 1 is 1.31 bits per heavy atom.